The fourth-order valence-corrected chi connectivity index (χ4v) is 7.13. The molecule has 13 heteroatoms. The fourth-order valence-electron chi connectivity index (χ4n) is 2.65. The third-order valence-electron chi connectivity index (χ3n) is 3.98. The molecule has 1 aromatic carbocycles. The van der Waals surface area contributed by atoms with Gasteiger partial charge in [0.2, 0.25) is 0 Å². The zero-order chi connectivity index (χ0) is 23.4. The predicted molar refractivity (Wildman–Crippen MR) is 117 cm³/mol. The molecule has 2 aromatic rings. The average Bonchev–Trinajstić information content (AvgIpc) is 3.02. The van der Waals surface area contributed by atoms with Crippen LogP contribution < -0.4 is 4.74 Å². The first-order chi connectivity index (χ1) is 14.4. The highest BCUT2D eigenvalue weighted by molar-refractivity contribution is 9.10. The highest BCUT2D eigenvalue weighted by Gasteiger charge is 2.57. The maximum atomic E-state index is 15.3. The zero-order valence-electron chi connectivity index (χ0n) is 16.9. The van der Waals surface area contributed by atoms with Crippen LogP contribution in [0, 0.1) is 0 Å². The van der Waals surface area contributed by atoms with Crippen molar-refractivity contribution >= 4 is 56.7 Å². The number of ether oxygens (including phenoxy) is 1. The maximum Gasteiger partial charge on any atom is 0.405 e. The van der Waals surface area contributed by atoms with Gasteiger partial charge in [0.15, 0.2) is 0 Å². The molecule has 0 spiro atoms. The molecule has 31 heavy (non-hydrogen) atoms. The number of hydrogen-bond donors (Lipinski definition) is 0. The van der Waals surface area contributed by atoms with Gasteiger partial charge in [-0.25, -0.2) is 0 Å². The lowest BCUT2D eigenvalue weighted by Crippen LogP contribution is -2.17. The number of benzene rings is 1. The molecule has 0 saturated carbocycles. The first-order valence-corrected chi connectivity index (χ1v) is 13.5. The van der Waals surface area contributed by atoms with Gasteiger partial charge in [0, 0.05) is 21.2 Å². The van der Waals surface area contributed by atoms with Gasteiger partial charge in [0.25, 0.3) is 0 Å². The third kappa shape index (κ3) is 6.14. The van der Waals surface area contributed by atoms with Crippen LogP contribution in [-0.4, -0.2) is 32.3 Å². The number of thioether (sulfide) groups is 1. The first kappa shape index (κ1) is 26.9. The van der Waals surface area contributed by atoms with Crippen LogP contribution in [0.4, 0.5) is 22.0 Å². The second kappa shape index (κ2) is 10.7. The summed E-state index contributed by atoms with van der Waals surface area (Å²) < 4.78 is 96.2. The van der Waals surface area contributed by atoms with E-state index in [1.54, 1.807) is 18.4 Å². The van der Waals surface area contributed by atoms with E-state index in [0.29, 0.717) is 26.3 Å². The Morgan fingerprint density at radius 2 is 1.74 bits per heavy atom. The second-order valence-corrected chi connectivity index (χ2v) is 11.0. The number of fused-ring (bicyclic) bond motifs is 1. The monoisotopic (exact) mass is 570 g/mol. The molecule has 4 nitrogen and oxygen atoms in total. The van der Waals surface area contributed by atoms with Gasteiger partial charge < -0.3 is 13.8 Å². The number of thiophene rings is 1. The first-order valence-electron chi connectivity index (χ1n) is 9.17. The molecule has 176 valence electrons. The standard InChI is InChI=1S/C18H21BrF5O4PS2/c1-4-27-29(25,28-5-2)18(23,24)16-14(19)12-9-11(30-3)10-13(15(12)31-16)26-8-6-7-17(20,21)22/h9-10H,4-8H2,1-3H3. The van der Waals surface area contributed by atoms with E-state index >= 15 is 8.78 Å². The van der Waals surface area contributed by atoms with E-state index in [1.165, 1.54) is 25.6 Å². The number of alkyl halides is 5. The van der Waals surface area contributed by atoms with Crippen LogP contribution in [0.1, 0.15) is 31.6 Å². The topological polar surface area (TPSA) is 44.8 Å². The minimum absolute atomic E-state index is 0.00757. The quantitative estimate of drug-likeness (QED) is 0.117. The molecule has 0 aliphatic carbocycles. The summed E-state index contributed by atoms with van der Waals surface area (Å²) >= 11 is 5.13. The lowest BCUT2D eigenvalue weighted by Gasteiger charge is -2.25. The van der Waals surface area contributed by atoms with Crippen molar-refractivity contribution in [2.75, 3.05) is 26.1 Å². The van der Waals surface area contributed by atoms with Crippen LogP contribution in [0.3, 0.4) is 0 Å². The van der Waals surface area contributed by atoms with Gasteiger partial charge in [-0.3, -0.25) is 4.57 Å². The molecule has 0 amide bonds. The van der Waals surface area contributed by atoms with Gasteiger partial charge >= 0.3 is 19.4 Å². The Morgan fingerprint density at radius 3 is 2.26 bits per heavy atom. The van der Waals surface area contributed by atoms with Crippen molar-refractivity contribution in [2.24, 2.45) is 0 Å². The summed E-state index contributed by atoms with van der Waals surface area (Å²) in [5.41, 5.74) is -3.95. The van der Waals surface area contributed by atoms with Crippen LogP contribution in [0.25, 0.3) is 10.1 Å². The van der Waals surface area contributed by atoms with Crippen LogP contribution >= 0.6 is 46.6 Å². The number of rotatable bonds is 11. The zero-order valence-corrected chi connectivity index (χ0v) is 21.0. The molecule has 0 aliphatic rings. The van der Waals surface area contributed by atoms with Gasteiger partial charge in [0.05, 0.1) is 24.5 Å². The summed E-state index contributed by atoms with van der Waals surface area (Å²) in [7, 11) is -4.83. The largest absolute Gasteiger partial charge is 0.492 e. The molecular formula is C18H21BrF5O4PS2. The van der Waals surface area contributed by atoms with Crippen molar-refractivity contribution in [3.63, 3.8) is 0 Å². The SMILES string of the molecule is CCOP(=O)(OCC)C(F)(F)c1sc2c(OCCCC(F)(F)F)cc(SC)cc2c1Br. The fraction of sp³-hybridized carbons (Fsp3) is 0.556. The van der Waals surface area contributed by atoms with Crippen LogP contribution in [0.2, 0.25) is 0 Å². The second-order valence-electron chi connectivity index (χ2n) is 6.19. The molecule has 1 heterocycles. The molecule has 0 atom stereocenters. The minimum Gasteiger partial charge on any atom is -0.492 e. The van der Waals surface area contributed by atoms with Gasteiger partial charge in [-0.1, -0.05) is 0 Å². The summed E-state index contributed by atoms with van der Waals surface area (Å²) in [6.45, 7) is 2.15. The van der Waals surface area contributed by atoms with Crippen molar-refractivity contribution in [1.82, 2.24) is 0 Å². The Kier molecular flexibility index (Phi) is 9.26. The molecule has 0 saturated heterocycles. The van der Waals surface area contributed by atoms with E-state index in [-0.39, 0.29) is 36.5 Å². The van der Waals surface area contributed by atoms with E-state index in [2.05, 4.69) is 15.9 Å². The number of hydrogen-bond acceptors (Lipinski definition) is 6. The molecular weight excluding hydrogens is 550 g/mol. The molecule has 0 N–H and O–H groups in total. The molecule has 2 rings (SSSR count). The predicted octanol–water partition coefficient (Wildman–Crippen LogP) is 8.42. The lowest BCUT2D eigenvalue weighted by molar-refractivity contribution is -0.136. The van der Waals surface area contributed by atoms with Gasteiger partial charge in [-0.05, 0) is 54.6 Å². The Balaban J connectivity index is 2.51. The highest BCUT2D eigenvalue weighted by atomic mass is 79.9. The summed E-state index contributed by atoms with van der Waals surface area (Å²) in [4.78, 5) is 0.107. The summed E-state index contributed by atoms with van der Waals surface area (Å²) in [5.74, 6) is 0.180. The minimum atomic E-state index is -4.83. The third-order valence-corrected chi connectivity index (χ3v) is 9.32. The molecule has 0 unspecified atom stereocenters. The van der Waals surface area contributed by atoms with Gasteiger partial charge in [-0.2, -0.15) is 22.0 Å². The number of halogens is 6. The average molecular weight is 571 g/mol. The normalized spacial score (nSPS) is 13.2. The van der Waals surface area contributed by atoms with Crippen LogP contribution in [0.15, 0.2) is 21.5 Å². The van der Waals surface area contributed by atoms with E-state index < -0.39 is 30.7 Å². The van der Waals surface area contributed by atoms with E-state index in [1.807, 2.05) is 0 Å². The van der Waals surface area contributed by atoms with Crippen molar-refractivity contribution in [3.8, 4) is 5.75 Å². The Bertz CT molecular complexity index is 941. The van der Waals surface area contributed by atoms with E-state index in [9.17, 15) is 17.7 Å². The molecule has 0 fully saturated rings. The summed E-state index contributed by atoms with van der Waals surface area (Å²) in [6, 6.07) is 3.23. The van der Waals surface area contributed by atoms with Gasteiger partial charge in [0.1, 0.15) is 10.6 Å². The van der Waals surface area contributed by atoms with Crippen LogP contribution in [0.5, 0.6) is 5.75 Å². The highest BCUT2D eigenvalue weighted by Crippen LogP contribution is 2.69. The van der Waals surface area contributed by atoms with Crippen molar-refractivity contribution in [2.45, 2.75) is 43.4 Å². The molecule has 1 aromatic heterocycles. The summed E-state index contributed by atoms with van der Waals surface area (Å²) in [5, 5.41) is 0.372. The Hall–Kier alpha value is -0.390. The van der Waals surface area contributed by atoms with Crippen LogP contribution in [-0.2, 0) is 19.3 Å². The maximum absolute atomic E-state index is 15.3. The smallest absolute Gasteiger partial charge is 0.405 e. The molecule has 0 radical (unpaired) electrons. The van der Waals surface area contributed by atoms with E-state index in [4.69, 9.17) is 13.8 Å². The van der Waals surface area contributed by atoms with Crippen molar-refractivity contribution in [1.29, 1.82) is 0 Å². The van der Waals surface area contributed by atoms with Gasteiger partial charge in [-0.15, -0.1) is 23.1 Å². The lowest BCUT2D eigenvalue weighted by atomic mass is 10.2. The van der Waals surface area contributed by atoms with Crippen molar-refractivity contribution < 1.29 is 40.3 Å². The Morgan fingerprint density at radius 1 is 1.13 bits per heavy atom. The molecule has 0 aliphatic heterocycles. The summed E-state index contributed by atoms with van der Waals surface area (Å²) in [6.07, 6.45) is -3.82. The Labute approximate surface area is 193 Å². The van der Waals surface area contributed by atoms with Crippen molar-refractivity contribution in [3.05, 3.63) is 21.5 Å². The molecule has 0 bridgehead atoms. The van der Waals surface area contributed by atoms with E-state index in [0.717, 1.165) is 0 Å².